The van der Waals surface area contributed by atoms with Gasteiger partial charge in [0.25, 0.3) is 0 Å². The third-order valence-corrected chi connectivity index (χ3v) is 3.41. The van der Waals surface area contributed by atoms with E-state index in [4.69, 9.17) is 9.47 Å². The first kappa shape index (κ1) is 20.8. The van der Waals surface area contributed by atoms with Crippen LogP contribution in [0, 0.1) is 5.92 Å². The number of carbonyl (C=O) groups excluding carboxylic acids is 4. The predicted octanol–water partition coefficient (Wildman–Crippen LogP) is 3.40. The standard InChI is InChI=1S/C10H14O3.C9H12O3/c1-2-3-4-5-9-6-8(11)7-10(12)13-9;1-6(2)3-8-4-7(10)5-9(11)12-8/h6H,2-5,7H2,1H3;4,6H,3,5H2,1-2H3. The summed E-state index contributed by atoms with van der Waals surface area (Å²) < 4.78 is 9.77. The van der Waals surface area contributed by atoms with Gasteiger partial charge in [-0.25, -0.2) is 0 Å². The molecule has 0 spiro atoms. The molecule has 2 heterocycles. The average Bonchev–Trinajstić information content (AvgIpc) is 2.45. The van der Waals surface area contributed by atoms with Crippen molar-refractivity contribution in [2.75, 3.05) is 0 Å². The fourth-order valence-corrected chi connectivity index (χ4v) is 2.34. The highest BCUT2D eigenvalue weighted by atomic mass is 16.5. The highest BCUT2D eigenvalue weighted by Crippen LogP contribution is 2.17. The Labute approximate surface area is 148 Å². The quantitative estimate of drug-likeness (QED) is 0.414. The van der Waals surface area contributed by atoms with E-state index in [1.165, 1.54) is 12.2 Å². The summed E-state index contributed by atoms with van der Waals surface area (Å²) in [5, 5.41) is 0. The minimum atomic E-state index is -0.432. The van der Waals surface area contributed by atoms with Gasteiger partial charge in [0, 0.05) is 25.0 Å². The van der Waals surface area contributed by atoms with Crippen LogP contribution in [0.25, 0.3) is 0 Å². The number of hydrogen-bond donors (Lipinski definition) is 0. The number of carbonyl (C=O) groups is 4. The summed E-state index contributed by atoms with van der Waals surface area (Å²) in [4.78, 5) is 43.4. The summed E-state index contributed by atoms with van der Waals surface area (Å²) in [6, 6.07) is 0. The fraction of sp³-hybridized carbons (Fsp3) is 0.579. The van der Waals surface area contributed by atoms with Crippen LogP contribution in [0.1, 0.15) is 65.7 Å². The van der Waals surface area contributed by atoms with E-state index in [-0.39, 0.29) is 24.4 Å². The minimum absolute atomic E-state index is 0.0999. The highest BCUT2D eigenvalue weighted by Gasteiger charge is 2.19. The van der Waals surface area contributed by atoms with Gasteiger partial charge >= 0.3 is 11.9 Å². The van der Waals surface area contributed by atoms with Crippen LogP contribution in [0.2, 0.25) is 0 Å². The van der Waals surface area contributed by atoms with Crippen molar-refractivity contribution in [1.29, 1.82) is 0 Å². The molecule has 2 aliphatic rings. The van der Waals surface area contributed by atoms with Gasteiger partial charge in [0.1, 0.15) is 24.4 Å². The van der Waals surface area contributed by atoms with Crippen molar-refractivity contribution >= 4 is 23.5 Å². The van der Waals surface area contributed by atoms with Crippen molar-refractivity contribution in [3.05, 3.63) is 23.7 Å². The van der Waals surface area contributed by atoms with Gasteiger partial charge in [-0.05, 0) is 12.3 Å². The maximum Gasteiger partial charge on any atom is 0.318 e. The summed E-state index contributed by atoms with van der Waals surface area (Å²) in [7, 11) is 0. The number of ether oxygens (including phenoxy) is 2. The molecule has 0 amide bonds. The lowest BCUT2D eigenvalue weighted by Crippen LogP contribution is -2.16. The van der Waals surface area contributed by atoms with E-state index in [1.807, 2.05) is 13.8 Å². The highest BCUT2D eigenvalue weighted by molar-refractivity contribution is 6.05. The van der Waals surface area contributed by atoms with Crippen LogP contribution >= 0.6 is 0 Å². The molecule has 6 heteroatoms. The molecule has 138 valence electrons. The van der Waals surface area contributed by atoms with Gasteiger partial charge in [-0.3, -0.25) is 19.2 Å². The largest absolute Gasteiger partial charge is 0.431 e. The molecule has 0 atom stereocenters. The number of unbranched alkanes of at least 4 members (excludes halogenated alkanes) is 2. The summed E-state index contributed by atoms with van der Waals surface area (Å²) >= 11 is 0. The second kappa shape index (κ2) is 10.6. The SMILES string of the molecule is CC(C)CC1=CC(=O)CC(=O)O1.CCCCCC1=CC(=O)CC(=O)O1. The van der Waals surface area contributed by atoms with E-state index in [0.29, 0.717) is 30.3 Å². The molecule has 6 nitrogen and oxygen atoms in total. The first-order chi connectivity index (χ1) is 11.8. The van der Waals surface area contributed by atoms with Crippen LogP contribution in [0.3, 0.4) is 0 Å². The number of rotatable bonds is 6. The van der Waals surface area contributed by atoms with Crippen molar-refractivity contribution in [2.45, 2.75) is 65.7 Å². The molecular formula is C19H26O6. The number of allylic oxidation sites excluding steroid dienone is 4. The van der Waals surface area contributed by atoms with E-state index in [0.717, 1.165) is 19.3 Å². The molecule has 0 saturated heterocycles. The predicted molar refractivity (Wildman–Crippen MR) is 91.2 cm³/mol. The smallest absolute Gasteiger partial charge is 0.318 e. The molecule has 0 aliphatic carbocycles. The lowest BCUT2D eigenvalue weighted by molar-refractivity contribution is -0.145. The first-order valence-corrected chi connectivity index (χ1v) is 8.68. The molecule has 0 aromatic heterocycles. The van der Waals surface area contributed by atoms with Gasteiger partial charge in [-0.1, -0.05) is 33.6 Å². The number of esters is 2. The molecule has 0 saturated carbocycles. The van der Waals surface area contributed by atoms with Crippen LogP contribution in [0.15, 0.2) is 23.7 Å². The summed E-state index contributed by atoms with van der Waals surface area (Å²) in [6.45, 7) is 6.12. The second-order valence-electron chi connectivity index (χ2n) is 6.51. The molecule has 0 aromatic carbocycles. The topological polar surface area (TPSA) is 86.7 Å². The Bertz CT molecular complexity index is 583. The Balaban J connectivity index is 0.000000251. The second-order valence-corrected chi connectivity index (χ2v) is 6.51. The maximum atomic E-state index is 10.9. The average molecular weight is 350 g/mol. The lowest BCUT2D eigenvalue weighted by atomic mass is 10.1. The normalized spacial score (nSPS) is 17.3. The van der Waals surface area contributed by atoms with Crippen LogP contribution < -0.4 is 0 Å². The fourth-order valence-electron chi connectivity index (χ4n) is 2.34. The van der Waals surface area contributed by atoms with Gasteiger partial charge < -0.3 is 9.47 Å². The van der Waals surface area contributed by atoms with Crippen LogP contribution in [0.5, 0.6) is 0 Å². The minimum Gasteiger partial charge on any atom is -0.431 e. The molecule has 0 bridgehead atoms. The summed E-state index contributed by atoms with van der Waals surface area (Å²) in [5.74, 6) is 0.303. The molecular weight excluding hydrogens is 324 g/mol. The van der Waals surface area contributed by atoms with Gasteiger partial charge in [0.15, 0.2) is 11.6 Å². The Morgan fingerprint density at radius 3 is 1.88 bits per heavy atom. The number of cyclic esters (lactones) is 2. The zero-order valence-electron chi connectivity index (χ0n) is 15.1. The first-order valence-electron chi connectivity index (χ1n) is 8.68. The Morgan fingerprint density at radius 1 is 0.880 bits per heavy atom. The Hall–Kier alpha value is -2.24. The molecule has 0 radical (unpaired) electrons. The summed E-state index contributed by atoms with van der Waals surface area (Å²) in [6.07, 6.45) is 7.20. The number of hydrogen-bond acceptors (Lipinski definition) is 6. The monoisotopic (exact) mass is 350 g/mol. The Morgan fingerprint density at radius 2 is 1.40 bits per heavy atom. The van der Waals surface area contributed by atoms with Crippen LogP contribution in [-0.2, 0) is 28.7 Å². The molecule has 2 aliphatic heterocycles. The van der Waals surface area contributed by atoms with E-state index in [1.54, 1.807) is 0 Å². The maximum absolute atomic E-state index is 10.9. The lowest BCUT2D eigenvalue weighted by Gasteiger charge is -2.13. The van der Waals surface area contributed by atoms with Crippen LogP contribution in [-0.4, -0.2) is 23.5 Å². The molecule has 0 fully saturated rings. The van der Waals surface area contributed by atoms with Crippen molar-refractivity contribution in [3.63, 3.8) is 0 Å². The van der Waals surface area contributed by atoms with Gasteiger partial charge in [0.2, 0.25) is 0 Å². The zero-order valence-corrected chi connectivity index (χ0v) is 15.1. The van der Waals surface area contributed by atoms with E-state index < -0.39 is 11.9 Å². The molecule has 25 heavy (non-hydrogen) atoms. The van der Waals surface area contributed by atoms with Crippen molar-refractivity contribution in [3.8, 4) is 0 Å². The molecule has 0 unspecified atom stereocenters. The van der Waals surface area contributed by atoms with Crippen molar-refractivity contribution < 1.29 is 28.7 Å². The van der Waals surface area contributed by atoms with E-state index >= 15 is 0 Å². The van der Waals surface area contributed by atoms with Crippen LogP contribution in [0.4, 0.5) is 0 Å². The van der Waals surface area contributed by atoms with Crippen molar-refractivity contribution in [2.24, 2.45) is 5.92 Å². The van der Waals surface area contributed by atoms with Gasteiger partial charge in [-0.15, -0.1) is 0 Å². The third kappa shape index (κ3) is 8.98. The van der Waals surface area contributed by atoms with Gasteiger partial charge in [-0.2, -0.15) is 0 Å². The van der Waals surface area contributed by atoms with E-state index in [9.17, 15) is 19.2 Å². The number of ketones is 2. The van der Waals surface area contributed by atoms with Crippen molar-refractivity contribution in [1.82, 2.24) is 0 Å². The molecule has 0 N–H and O–H groups in total. The van der Waals surface area contributed by atoms with E-state index in [2.05, 4.69) is 6.92 Å². The molecule has 0 aromatic rings. The molecule has 2 rings (SSSR count). The summed E-state index contributed by atoms with van der Waals surface area (Å²) in [5.41, 5.74) is 0. The van der Waals surface area contributed by atoms with Gasteiger partial charge in [0.05, 0.1) is 0 Å². The third-order valence-electron chi connectivity index (χ3n) is 3.41. The zero-order chi connectivity index (χ0) is 18.8. The Kier molecular flexibility index (Phi) is 8.81.